The van der Waals surface area contributed by atoms with Crippen molar-refractivity contribution in [3.63, 3.8) is 0 Å². The molecule has 0 bridgehead atoms. The number of rotatable bonds is 8. The van der Waals surface area contributed by atoms with E-state index in [1.54, 1.807) is 6.20 Å². The number of nitrogens with zero attached hydrogens (tertiary/aromatic N) is 2. The van der Waals surface area contributed by atoms with E-state index in [1.165, 1.54) is 38.8 Å². The molecular weight excluding hydrogens is 198 g/mol. The van der Waals surface area contributed by atoms with Crippen molar-refractivity contribution in [2.45, 2.75) is 38.1 Å². The second-order valence-electron chi connectivity index (χ2n) is 4.43. The molecule has 0 aliphatic carbocycles. The average Bonchev–Trinajstić information content (AvgIpc) is 2.82. The maximum Gasteiger partial charge on any atom is 0.0220 e. The van der Waals surface area contributed by atoms with Gasteiger partial charge in [0.05, 0.1) is 0 Å². The Morgan fingerprint density at radius 1 is 1.38 bits per heavy atom. The highest BCUT2D eigenvalue weighted by molar-refractivity contribution is 5.25. The van der Waals surface area contributed by atoms with E-state index in [1.807, 2.05) is 7.05 Å². The molecule has 1 rings (SSSR count). The minimum atomic E-state index is 0.740. The molecule has 16 heavy (non-hydrogen) atoms. The highest BCUT2D eigenvalue weighted by Gasteiger charge is 2.20. The molecule has 0 aromatic heterocycles. The van der Waals surface area contributed by atoms with Gasteiger partial charge in [-0.15, -0.1) is 0 Å². The van der Waals surface area contributed by atoms with E-state index in [4.69, 9.17) is 0 Å². The maximum absolute atomic E-state index is 3.74. The van der Waals surface area contributed by atoms with Crippen LogP contribution in [0.4, 0.5) is 0 Å². The number of allylic oxidation sites excluding steroid dienone is 1. The summed E-state index contributed by atoms with van der Waals surface area (Å²) in [6.45, 7) is 7.14. The van der Waals surface area contributed by atoms with Crippen molar-refractivity contribution in [2.24, 2.45) is 4.99 Å². The molecule has 0 amide bonds. The molecule has 92 valence electrons. The van der Waals surface area contributed by atoms with E-state index in [9.17, 15) is 0 Å². The molecule has 1 saturated heterocycles. The molecule has 0 saturated carbocycles. The van der Waals surface area contributed by atoms with Crippen LogP contribution >= 0.6 is 0 Å². The van der Waals surface area contributed by atoms with Gasteiger partial charge < -0.3 is 10.2 Å². The third kappa shape index (κ3) is 4.90. The Hall–Kier alpha value is -0.670. The van der Waals surface area contributed by atoms with Crippen LogP contribution in [0.5, 0.6) is 0 Å². The smallest absolute Gasteiger partial charge is 0.0220 e. The molecule has 0 spiro atoms. The van der Waals surface area contributed by atoms with E-state index in [0.29, 0.717) is 0 Å². The van der Waals surface area contributed by atoms with Crippen molar-refractivity contribution in [2.75, 3.05) is 26.7 Å². The Morgan fingerprint density at radius 2 is 2.12 bits per heavy atom. The van der Waals surface area contributed by atoms with Crippen molar-refractivity contribution < 1.29 is 0 Å². The summed E-state index contributed by atoms with van der Waals surface area (Å²) >= 11 is 0. The summed E-state index contributed by atoms with van der Waals surface area (Å²) in [6, 6.07) is 0.740. The second-order valence-corrected chi connectivity index (χ2v) is 4.43. The van der Waals surface area contributed by atoms with Gasteiger partial charge in [0.2, 0.25) is 0 Å². The minimum Gasteiger partial charge on any atom is -0.320 e. The summed E-state index contributed by atoms with van der Waals surface area (Å²) in [5.74, 6) is 0. The molecule has 3 heteroatoms. The standard InChI is InChI=1S/C13H25N3/c1-14-9-4-3-7-13(8-10-15-2)16-11-5-6-12-16/h4,9,13,15H,1,3,5-8,10-12H2,2H3/b9-4-. The van der Waals surface area contributed by atoms with Crippen molar-refractivity contribution in [3.8, 4) is 0 Å². The van der Waals surface area contributed by atoms with Crippen LogP contribution in [0.25, 0.3) is 0 Å². The summed E-state index contributed by atoms with van der Waals surface area (Å²) in [6.07, 6.45) is 10.3. The maximum atomic E-state index is 3.74. The zero-order chi connectivity index (χ0) is 11.6. The van der Waals surface area contributed by atoms with Gasteiger partial charge in [-0.3, -0.25) is 4.99 Å². The van der Waals surface area contributed by atoms with Crippen LogP contribution in [0.1, 0.15) is 32.1 Å². The summed E-state index contributed by atoms with van der Waals surface area (Å²) < 4.78 is 0. The fraction of sp³-hybridized carbons (Fsp3) is 0.769. The van der Waals surface area contributed by atoms with E-state index in [0.717, 1.165) is 19.0 Å². The van der Waals surface area contributed by atoms with Gasteiger partial charge in [-0.25, -0.2) is 0 Å². The minimum absolute atomic E-state index is 0.740. The van der Waals surface area contributed by atoms with Crippen molar-refractivity contribution in [1.29, 1.82) is 0 Å². The van der Waals surface area contributed by atoms with Gasteiger partial charge in [0, 0.05) is 12.2 Å². The van der Waals surface area contributed by atoms with Crippen LogP contribution in [-0.2, 0) is 0 Å². The summed E-state index contributed by atoms with van der Waals surface area (Å²) in [4.78, 5) is 6.38. The molecule has 0 aromatic rings. The van der Waals surface area contributed by atoms with Crippen molar-refractivity contribution in [1.82, 2.24) is 10.2 Å². The van der Waals surface area contributed by atoms with Gasteiger partial charge >= 0.3 is 0 Å². The van der Waals surface area contributed by atoms with Crippen LogP contribution in [0, 0.1) is 0 Å². The number of aliphatic imine (C=N–C) groups is 1. The largest absolute Gasteiger partial charge is 0.320 e. The molecule has 1 aliphatic rings. The number of likely N-dealkylation sites (tertiary alicyclic amines) is 1. The normalized spacial score (nSPS) is 19.3. The molecule has 3 nitrogen and oxygen atoms in total. The van der Waals surface area contributed by atoms with Gasteiger partial charge in [0.15, 0.2) is 0 Å². The van der Waals surface area contributed by atoms with Crippen molar-refractivity contribution >= 4 is 6.72 Å². The number of hydrogen-bond donors (Lipinski definition) is 1. The predicted molar refractivity (Wildman–Crippen MR) is 71.1 cm³/mol. The van der Waals surface area contributed by atoms with Crippen LogP contribution in [0.2, 0.25) is 0 Å². The average molecular weight is 223 g/mol. The first-order valence-electron chi connectivity index (χ1n) is 6.38. The zero-order valence-corrected chi connectivity index (χ0v) is 10.5. The van der Waals surface area contributed by atoms with Gasteiger partial charge in [0.1, 0.15) is 0 Å². The van der Waals surface area contributed by atoms with Crippen LogP contribution in [0.3, 0.4) is 0 Å². The van der Waals surface area contributed by atoms with Crippen LogP contribution < -0.4 is 5.32 Å². The highest BCUT2D eigenvalue weighted by Crippen LogP contribution is 2.17. The number of nitrogens with one attached hydrogen (secondary N) is 1. The monoisotopic (exact) mass is 223 g/mol. The van der Waals surface area contributed by atoms with E-state index in [2.05, 4.69) is 28.0 Å². The lowest BCUT2D eigenvalue weighted by Gasteiger charge is -2.27. The second kappa shape index (κ2) is 8.48. The lowest BCUT2D eigenvalue weighted by atomic mass is 10.1. The molecule has 0 aromatic carbocycles. The van der Waals surface area contributed by atoms with E-state index in [-0.39, 0.29) is 0 Å². The van der Waals surface area contributed by atoms with E-state index >= 15 is 0 Å². The molecule has 1 N–H and O–H groups in total. The lowest BCUT2D eigenvalue weighted by Crippen LogP contribution is -2.34. The van der Waals surface area contributed by atoms with Gasteiger partial charge in [-0.05, 0) is 65.5 Å². The lowest BCUT2D eigenvalue weighted by molar-refractivity contribution is 0.219. The van der Waals surface area contributed by atoms with Gasteiger partial charge in [-0.1, -0.05) is 6.08 Å². The first kappa shape index (κ1) is 13.4. The quantitative estimate of drug-likeness (QED) is 0.638. The Labute approximate surface area is 99.6 Å². The molecular formula is C13H25N3. The Balaban J connectivity index is 2.30. The van der Waals surface area contributed by atoms with Crippen molar-refractivity contribution in [3.05, 3.63) is 12.3 Å². The first-order valence-corrected chi connectivity index (χ1v) is 6.38. The van der Waals surface area contributed by atoms with Gasteiger partial charge in [-0.2, -0.15) is 0 Å². The topological polar surface area (TPSA) is 27.6 Å². The molecule has 1 atom stereocenters. The van der Waals surface area contributed by atoms with E-state index < -0.39 is 0 Å². The Morgan fingerprint density at radius 3 is 2.75 bits per heavy atom. The van der Waals surface area contributed by atoms with Crippen LogP contribution in [0.15, 0.2) is 17.3 Å². The summed E-state index contributed by atoms with van der Waals surface area (Å²) in [7, 11) is 2.03. The SMILES string of the molecule is C=N/C=C\CCC(CCNC)N1CCCC1. The first-order chi connectivity index (χ1) is 7.88. The molecule has 1 aliphatic heterocycles. The molecule has 1 unspecified atom stereocenters. The Bertz CT molecular complexity index is 207. The molecule has 1 fully saturated rings. The molecule has 0 radical (unpaired) electrons. The summed E-state index contributed by atoms with van der Waals surface area (Å²) in [5.41, 5.74) is 0. The predicted octanol–water partition coefficient (Wildman–Crippen LogP) is 2.05. The zero-order valence-electron chi connectivity index (χ0n) is 10.5. The Kier molecular flexibility index (Phi) is 7.10. The summed E-state index contributed by atoms with van der Waals surface area (Å²) in [5, 5.41) is 3.25. The third-order valence-electron chi connectivity index (χ3n) is 3.26. The fourth-order valence-electron chi connectivity index (χ4n) is 2.36. The van der Waals surface area contributed by atoms with Gasteiger partial charge in [0.25, 0.3) is 0 Å². The van der Waals surface area contributed by atoms with Crippen LogP contribution in [-0.4, -0.2) is 44.3 Å². The number of hydrogen-bond acceptors (Lipinski definition) is 3. The fourth-order valence-corrected chi connectivity index (χ4v) is 2.36. The highest BCUT2D eigenvalue weighted by atomic mass is 15.2. The third-order valence-corrected chi connectivity index (χ3v) is 3.26. The molecule has 1 heterocycles.